The molecular formula is C22H15N5OS. The van der Waals surface area contributed by atoms with E-state index in [1.165, 1.54) is 11.3 Å². The topological polar surface area (TPSA) is 83.8 Å². The van der Waals surface area contributed by atoms with E-state index >= 15 is 0 Å². The van der Waals surface area contributed by atoms with Crippen molar-refractivity contribution in [2.45, 2.75) is 0 Å². The number of anilines is 2. The van der Waals surface area contributed by atoms with E-state index in [-0.39, 0.29) is 5.75 Å². The lowest BCUT2D eigenvalue weighted by atomic mass is 10.2. The fraction of sp³-hybridized carbons (Fsp3) is 0. The third-order valence-electron chi connectivity index (χ3n) is 4.40. The van der Waals surface area contributed by atoms with Crippen molar-refractivity contribution in [3.8, 4) is 28.4 Å². The Morgan fingerprint density at radius 2 is 1.72 bits per heavy atom. The Labute approximate surface area is 170 Å². The highest BCUT2D eigenvalue weighted by atomic mass is 32.1. The van der Waals surface area contributed by atoms with Gasteiger partial charge in [-0.15, -0.1) is 11.3 Å². The number of fused-ring (bicyclic) bond motifs is 1. The number of phenolic OH excluding ortho intramolecular Hbond substituents is 1. The van der Waals surface area contributed by atoms with Crippen molar-refractivity contribution in [1.29, 1.82) is 0 Å². The lowest BCUT2D eigenvalue weighted by molar-refractivity contribution is 0.476. The summed E-state index contributed by atoms with van der Waals surface area (Å²) in [5.74, 6) is 1.29. The molecule has 3 heterocycles. The van der Waals surface area contributed by atoms with Crippen molar-refractivity contribution in [3.63, 3.8) is 0 Å². The Hall–Kier alpha value is -3.84. The average Bonchev–Trinajstić information content (AvgIpc) is 3.24. The van der Waals surface area contributed by atoms with Crippen molar-refractivity contribution in [1.82, 2.24) is 19.9 Å². The normalized spacial score (nSPS) is 10.9. The third kappa shape index (κ3) is 3.51. The second kappa shape index (κ2) is 7.29. The first kappa shape index (κ1) is 17.3. The second-order valence-electron chi connectivity index (χ2n) is 6.37. The van der Waals surface area contributed by atoms with Crippen LogP contribution in [0.3, 0.4) is 0 Å². The van der Waals surface area contributed by atoms with Crippen LogP contribution in [0.5, 0.6) is 5.75 Å². The molecule has 0 amide bonds. The number of hydrogen-bond donors (Lipinski definition) is 2. The molecule has 0 saturated carbocycles. The molecule has 2 N–H and O–H groups in total. The summed E-state index contributed by atoms with van der Waals surface area (Å²) in [4.78, 5) is 18.1. The van der Waals surface area contributed by atoms with Crippen molar-refractivity contribution < 1.29 is 5.11 Å². The van der Waals surface area contributed by atoms with E-state index in [0.717, 1.165) is 22.3 Å². The smallest absolute Gasteiger partial charge is 0.188 e. The van der Waals surface area contributed by atoms with E-state index in [2.05, 4.69) is 25.3 Å². The van der Waals surface area contributed by atoms with E-state index in [9.17, 15) is 5.11 Å². The maximum atomic E-state index is 9.95. The lowest BCUT2D eigenvalue weighted by Crippen LogP contribution is -1.99. The highest BCUT2D eigenvalue weighted by Crippen LogP contribution is 2.32. The highest BCUT2D eigenvalue weighted by molar-refractivity contribution is 7.14. The molecule has 7 heteroatoms. The van der Waals surface area contributed by atoms with Crippen LogP contribution in [-0.4, -0.2) is 25.0 Å². The molecule has 3 aromatic heterocycles. The van der Waals surface area contributed by atoms with Crippen LogP contribution in [0.15, 0.2) is 78.4 Å². The summed E-state index contributed by atoms with van der Waals surface area (Å²) in [6, 6.07) is 18.8. The van der Waals surface area contributed by atoms with Gasteiger partial charge in [0.2, 0.25) is 0 Å². The summed E-state index contributed by atoms with van der Waals surface area (Å²) in [5.41, 5.74) is 3.48. The molecule has 140 valence electrons. The van der Waals surface area contributed by atoms with Crippen LogP contribution in [0.25, 0.3) is 33.5 Å². The molecule has 0 saturated heterocycles. The number of pyridine rings is 1. The van der Waals surface area contributed by atoms with Crippen LogP contribution in [0, 0.1) is 0 Å². The number of phenols is 1. The Morgan fingerprint density at radius 3 is 2.55 bits per heavy atom. The van der Waals surface area contributed by atoms with Crippen molar-refractivity contribution >= 4 is 33.2 Å². The number of hydrogen-bond acceptors (Lipinski definition) is 7. The second-order valence-corrected chi connectivity index (χ2v) is 7.23. The van der Waals surface area contributed by atoms with Gasteiger partial charge in [0.25, 0.3) is 0 Å². The van der Waals surface area contributed by atoms with Crippen LogP contribution in [-0.2, 0) is 0 Å². The molecule has 0 atom stereocenters. The van der Waals surface area contributed by atoms with Crippen molar-refractivity contribution in [2.75, 3.05) is 5.32 Å². The maximum absolute atomic E-state index is 9.95. The molecule has 0 aliphatic carbocycles. The Balaban J connectivity index is 1.58. The van der Waals surface area contributed by atoms with Gasteiger partial charge in [0, 0.05) is 34.3 Å². The summed E-state index contributed by atoms with van der Waals surface area (Å²) in [7, 11) is 0. The van der Waals surface area contributed by atoms with Gasteiger partial charge in [0.05, 0.1) is 11.2 Å². The van der Waals surface area contributed by atoms with Crippen LogP contribution < -0.4 is 5.32 Å². The average molecular weight is 397 g/mol. The summed E-state index contributed by atoms with van der Waals surface area (Å²) >= 11 is 1.50. The van der Waals surface area contributed by atoms with Crippen LogP contribution >= 0.6 is 11.3 Å². The molecule has 0 aliphatic rings. The summed E-state index contributed by atoms with van der Waals surface area (Å²) < 4.78 is 0. The Morgan fingerprint density at radius 1 is 0.862 bits per heavy atom. The summed E-state index contributed by atoms with van der Waals surface area (Å²) in [6.45, 7) is 0. The minimum atomic E-state index is 0.155. The van der Waals surface area contributed by atoms with Gasteiger partial charge in [-0.05, 0) is 30.3 Å². The van der Waals surface area contributed by atoms with Gasteiger partial charge in [-0.1, -0.05) is 30.3 Å². The standard InChI is InChI=1S/C22H15N5OS/c28-16-8-9-18-17(11-16)21(26-20(24-18)15-7-4-10-23-12-15)27-22-25-19(13-29-22)14-5-2-1-3-6-14/h1-13,28H,(H,24,25,26,27). The first-order valence-corrected chi connectivity index (χ1v) is 9.83. The zero-order valence-corrected chi connectivity index (χ0v) is 16.0. The predicted molar refractivity (Wildman–Crippen MR) is 115 cm³/mol. The lowest BCUT2D eigenvalue weighted by Gasteiger charge is -2.09. The van der Waals surface area contributed by atoms with Gasteiger partial charge in [0.1, 0.15) is 11.6 Å². The first-order chi connectivity index (χ1) is 14.3. The number of aromatic hydroxyl groups is 1. The zero-order chi connectivity index (χ0) is 19.6. The molecule has 2 aromatic carbocycles. The fourth-order valence-electron chi connectivity index (χ4n) is 3.01. The van der Waals surface area contributed by atoms with Crippen LogP contribution in [0.4, 0.5) is 10.9 Å². The molecule has 29 heavy (non-hydrogen) atoms. The number of benzene rings is 2. The molecule has 6 nitrogen and oxygen atoms in total. The number of nitrogens with zero attached hydrogens (tertiary/aromatic N) is 4. The number of thiazole rings is 1. The van der Waals surface area contributed by atoms with E-state index in [0.29, 0.717) is 22.2 Å². The predicted octanol–water partition coefficient (Wildman–Crippen LogP) is 5.26. The van der Waals surface area contributed by atoms with Gasteiger partial charge in [-0.3, -0.25) is 4.98 Å². The minimum Gasteiger partial charge on any atom is -0.508 e. The van der Waals surface area contributed by atoms with Gasteiger partial charge < -0.3 is 10.4 Å². The molecule has 5 rings (SSSR count). The molecule has 0 aliphatic heterocycles. The van der Waals surface area contributed by atoms with Crippen molar-refractivity contribution in [3.05, 3.63) is 78.4 Å². The molecule has 0 unspecified atom stereocenters. The number of rotatable bonds is 4. The Bertz CT molecular complexity index is 1290. The SMILES string of the molecule is Oc1ccc2nc(-c3cccnc3)nc(Nc3nc(-c4ccccc4)cs3)c2c1. The van der Waals surface area contributed by atoms with E-state index in [4.69, 9.17) is 0 Å². The molecule has 0 fully saturated rings. The monoisotopic (exact) mass is 397 g/mol. The van der Waals surface area contributed by atoms with E-state index in [1.54, 1.807) is 30.6 Å². The maximum Gasteiger partial charge on any atom is 0.188 e. The van der Waals surface area contributed by atoms with Gasteiger partial charge in [-0.2, -0.15) is 0 Å². The van der Waals surface area contributed by atoms with E-state index < -0.39 is 0 Å². The van der Waals surface area contributed by atoms with Crippen molar-refractivity contribution in [2.24, 2.45) is 0 Å². The molecule has 0 radical (unpaired) electrons. The van der Waals surface area contributed by atoms with Crippen LogP contribution in [0.1, 0.15) is 0 Å². The summed E-state index contributed by atoms with van der Waals surface area (Å²) in [6.07, 6.45) is 3.44. The Kier molecular flexibility index (Phi) is 4.34. The molecular weight excluding hydrogens is 382 g/mol. The molecule has 0 bridgehead atoms. The fourth-order valence-corrected chi connectivity index (χ4v) is 3.73. The van der Waals surface area contributed by atoms with Gasteiger partial charge >= 0.3 is 0 Å². The molecule has 5 aromatic rings. The quantitative estimate of drug-likeness (QED) is 0.430. The minimum absolute atomic E-state index is 0.155. The highest BCUT2D eigenvalue weighted by Gasteiger charge is 2.13. The number of nitrogens with one attached hydrogen (secondary N) is 1. The summed E-state index contributed by atoms with van der Waals surface area (Å²) in [5, 5.41) is 16.7. The first-order valence-electron chi connectivity index (χ1n) is 8.95. The van der Waals surface area contributed by atoms with Gasteiger partial charge in [-0.25, -0.2) is 15.0 Å². The third-order valence-corrected chi connectivity index (χ3v) is 5.16. The molecule has 0 spiro atoms. The zero-order valence-electron chi connectivity index (χ0n) is 15.1. The largest absolute Gasteiger partial charge is 0.508 e. The van der Waals surface area contributed by atoms with E-state index in [1.807, 2.05) is 47.8 Å². The van der Waals surface area contributed by atoms with Crippen LogP contribution in [0.2, 0.25) is 0 Å². The number of aromatic nitrogens is 4. The van der Waals surface area contributed by atoms with Gasteiger partial charge in [0.15, 0.2) is 11.0 Å².